The number of nitrogens with one attached hydrogen (secondary N) is 2. The van der Waals surface area contributed by atoms with Gasteiger partial charge in [-0.25, -0.2) is 0 Å². The summed E-state index contributed by atoms with van der Waals surface area (Å²) < 4.78 is 5.55. The Morgan fingerprint density at radius 1 is 0.889 bits per heavy atom. The average molecular weight is 368 g/mol. The minimum Gasteiger partial charge on any atom is -0.495 e. The van der Waals surface area contributed by atoms with Crippen molar-refractivity contribution in [2.75, 3.05) is 51.3 Å². The molecule has 0 spiro atoms. The number of methoxy groups -OCH3 is 1. The van der Waals surface area contributed by atoms with E-state index in [1.54, 1.807) is 12.0 Å². The molecule has 2 aliphatic heterocycles. The minimum absolute atomic E-state index is 0.851. The van der Waals surface area contributed by atoms with Crippen LogP contribution >= 0.6 is 0 Å². The number of likely N-dealkylation sites (tertiary alicyclic amines) is 1. The SMILES string of the molecule is COc1ccccc1N1CC[NH+](C2CC[NH+](Cc3ccccc3)CC2)CC1. The van der Waals surface area contributed by atoms with Gasteiger partial charge >= 0.3 is 0 Å². The zero-order valence-electron chi connectivity index (χ0n) is 16.5. The van der Waals surface area contributed by atoms with Gasteiger partial charge in [-0.2, -0.15) is 0 Å². The van der Waals surface area contributed by atoms with Crippen LogP contribution in [0.3, 0.4) is 0 Å². The Hall–Kier alpha value is -2.04. The molecule has 2 aliphatic rings. The van der Waals surface area contributed by atoms with Gasteiger partial charge < -0.3 is 19.4 Å². The number of anilines is 1. The first-order valence-corrected chi connectivity index (χ1v) is 10.4. The van der Waals surface area contributed by atoms with Crippen molar-refractivity contribution in [3.05, 3.63) is 60.2 Å². The number of ether oxygens (including phenoxy) is 1. The topological polar surface area (TPSA) is 21.4 Å². The number of hydrogen-bond donors (Lipinski definition) is 2. The van der Waals surface area contributed by atoms with Crippen molar-refractivity contribution < 1.29 is 14.5 Å². The standard InChI is InChI=1S/C23H31N3O/c1-27-23-10-6-5-9-22(23)26-17-15-25(16-18-26)21-11-13-24(14-12-21)19-20-7-3-2-4-8-20/h2-10,21H,11-19H2,1H3/p+2. The third kappa shape index (κ3) is 4.45. The fourth-order valence-electron chi connectivity index (χ4n) is 4.83. The second kappa shape index (κ2) is 8.77. The molecule has 2 saturated heterocycles. The highest BCUT2D eigenvalue weighted by Crippen LogP contribution is 2.27. The van der Waals surface area contributed by atoms with Crippen molar-refractivity contribution >= 4 is 5.69 Å². The van der Waals surface area contributed by atoms with Crippen LogP contribution in [-0.4, -0.2) is 52.4 Å². The number of quaternary nitrogens is 2. The molecule has 0 radical (unpaired) electrons. The highest BCUT2D eigenvalue weighted by atomic mass is 16.5. The molecule has 4 rings (SSSR count). The van der Waals surface area contributed by atoms with E-state index >= 15 is 0 Å². The largest absolute Gasteiger partial charge is 0.495 e. The van der Waals surface area contributed by atoms with E-state index in [0.717, 1.165) is 24.9 Å². The lowest BCUT2D eigenvalue weighted by Crippen LogP contribution is -3.21. The van der Waals surface area contributed by atoms with E-state index in [-0.39, 0.29) is 0 Å². The molecule has 0 saturated carbocycles. The monoisotopic (exact) mass is 367 g/mol. The number of rotatable bonds is 5. The first-order valence-electron chi connectivity index (χ1n) is 10.4. The van der Waals surface area contributed by atoms with Crippen LogP contribution in [-0.2, 0) is 6.54 Å². The lowest BCUT2D eigenvalue weighted by molar-refractivity contribution is -0.963. The summed E-state index contributed by atoms with van der Waals surface area (Å²) >= 11 is 0. The van der Waals surface area contributed by atoms with Crippen LogP contribution in [0.2, 0.25) is 0 Å². The van der Waals surface area contributed by atoms with Crippen LogP contribution in [0, 0.1) is 0 Å². The summed E-state index contributed by atoms with van der Waals surface area (Å²) in [7, 11) is 1.77. The minimum atomic E-state index is 0.851. The molecule has 0 amide bonds. The van der Waals surface area contributed by atoms with E-state index in [2.05, 4.69) is 59.5 Å². The summed E-state index contributed by atoms with van der Waals surface area (Å²) in [5.41, 5.74) is 2.73. The van der Waals surface area contributed by atoms with Crippen molar-refractivity contribution in [1.29, 1.82) is 0 Å². The number of hydrogen-bond acceptors (Lipinski definition) is 2. The molecule has 0 aliphatic carbocycles. The van der Waals surface area contributed by atoms with Crippen LogP contribution in [0.5, 0.6) is 5.75 Å². The highest BCUT2D eigenvalue weighted by Gasteiger charge is 2.32. The lowest BCUT2D eigenvalue weighted by atomic mass is 10.0. The predicted molar refractivity (Wildman–Crippen MR) is 110 cm³/mol. The van der Waals surface area contributed by atoms with Crippen molar-refractivity contribution in [2.24, 2.45) is 0 Å². The second-order valence-electron chi connectivity index (χ2n) is 8.00. The Bertz CT molecular complexity index is 705. The molecule has 0 aromatic heterocycles. The molecule has 0 unspecified atom stereocenters. The molecule has 4 nitrogen and oxygen atoms in total. The number of benzene rings is 2. The van der Waals surface area contributed by atoms with E-state index in [4.69, 9.17) is 4.74 Å². The molecule has 2 fully saturated rings. The van der Waals surface area contributed by atoms with Crippen molar-refractivity contribution in [3.8, 4) is 5.75 Å². The van der Waals surface area contributed by atoms with Crippen LogP contribution in [0.4, 0.5) is 5.69 Å². The number of para-hydroxylation sites is 2. The highest BCUT2D eigenvalue weighted by molar-refractivity contribution is 5.58. The molecule has 2 heterocycles. The first-order chi connectivity index (χ1) is 13.3. The molecular weight excluding hydrogens is 334 g/mol. The molecule has 2 N–H and O–H groups in total. The van der Waals surface area contributed by atoms with E-state index in [0.29, 0.717) is 0 Å². The molecule has 0 bridgehead atoms. The summed E-state index contributed by atoms with van der Waals surface area (Å²) in [6.45, 7) is 8.58. The van der Waals surface area contributed by atoms with Crippen LogP contribution in [0.25, 0.3) is 0 Å². The molecular formula is C23H33N3O+2. The van der Waals surface area contributed by atoms with Gasteiger partial charge in [0.1, 0.15) is 12.3 Å². The van der Waals surface area contributed by atoms with Gasteiger partial charge in [0.15, 0.2) is 0 Å². The van der Waals surface area contributed by atoms with Gasteiger partial charge in [-0.1, -0.05) is 42.5 Å². The van der Waals surface area contributed by atoms with Gasteiger partial charge in [-0.15, -0.1) is 0 Å². The predicted octanol–water partition coefficient (Wildman–Crippen LogP) is 0.648. The number of piperidine rings is 1. The van der Waals surface area contributed by atoms with Crippen molar-refractivity contribution in [2.45, 2.75) is 25.4 Å². The Balaban J connectivity index is 1.26. The van der Waals surface area contributed by atoms with Crippen LogP contribution < -0.4 is 19.4 Å². The van der Waals surface area contributed by atoms with Gasteiger partial charge in [0.25, 0.3) is 0 Å². The first kappa shape index (κ1) is 18.3. The van der Waals surface area contributed by atoms with Gasteiger partial charge in [0.2, 0.25) is 0 Å². The summed E-state index contributed by atoms with van der Waals surface area (Å²) in [4.78, 5) is 6.07. The third-order valence-corrected chi connectivity index (χ3v) is 6.40. The van der Waals surface area contributed by atoms with Crippen LogP contribution in [0.1, 0.15) is 18.4 Å². The normalized spacial score (nSPS) is 24.0. The molecule has 27 heavy (non-hydrogen) atoms. The zero-order valence-corrected chi connectivity index (χ0v) is 16.5. The van der Waals surface area contributed by atoms with Gasteiger partial charge in [-0.3, -0.25) is 0 Å². The molecule has 2 aromatic carbocycles. The second-order valence-corrected chi connectivity index (χ2v) is 8.00. The van der Waals surface area contributed by atoms with E-state index < -0.39 is 0 Å². The molecule has 2 aromatic rings. The lowest BCUT2D eigenvalue weighted by Gasteiger charge is -2.40. The number of piperazine rings is 1. The quantitative estimate of drug-likeness (QED) is 0.810. The number of nitrogens with zero attached hydrogens (tertiary/aromatic N) is 1. The molecule has 0 atom stereocenters. The third-order valence-electron chi connectivity index (χ3n) is 6.40. The Labute approximate surface area is 163 Å². The average Bonchev–Trinajstić information content (AvgIpc) is 2.75. The summed E-state index contributed by atoms with van der Waals surface area (Å²) in [5.74, 6) is 0.999. The summed E-state index contributed by atoms with van der Waals surface area (Å²) in [6, 6.07) is 20.2. The van der Waals surface area contributed by atoms with Crippen molar-refractivity contribution in [1.82, 2.24) is 0 Å². The Kier molecular flexibility index (Phi) is 5.95. The molecule has 4 heteroatoms. The van der Waals surface area contributed by atoms with Gasteiger partial charge in [0, 0.05) is 18.4 Å². The zero-order chi connectivity index (χ0) is 18.5. The fraction of sp³-hybridized carbons (Fsp3) is 0.478. The fourth-order valence-corrected chi connectivity index (χ4v) is 4.83. The maximum Gasteiger partial charge on any atom is 0.142 e. The van der Waals surface area contributed by atoms with E-state index in [1.807, 2.05) is 4.90 Å². The summed E-state index contributed by atoms with van der Waals surface area (Å²) in [6.07, 6.45) is 2.73. The van der Waals surface area contributed by atoms with Crippen molar-refractivity contribution in [3.63, 3.8) is 0 Å². The van der Waals surface area contributed by atoms with Crippen LogP contribution in [0.15, 0.2) is 54.6 Å². The Morgan fingerprint density at radius 3 is 2.26 bits per heavy atom. The maximum absolute atomic E-state index is 5.55. The smallest absolute Gasteiger partial charge is 0.142 e. The van der Waals surface area contributed by atoms with Gasteiger partial charge in [0.05, 0.1) is 58.1 Å². The van der Waals surface area contributed by atoms with E-state index in [1.165, 1.54) is 56.8 Å². The maximum atomic E-state index is 5.55. The van der Waals surface area contributed by atoms with E-state index in [9.17, 15) is 0 Å². The summed E-state index contributed by atoms with van der Waals surface area (Å²) in [5, 5.41) is 0. The Morgan fingerprint density at radius 2 is 1.56 bits per heavy atom. The van der Waals surface area contributed by atoms with Gasteiger partial charge in [-0.05, 0) is 12.1 Å². The molecule has 144 valence electrons.